The lowest BCUT2D eigenvalue weighted by molar-refractivity contribution is 0.0232. The fourth-order valence-electron chi connectivity index (χ4n) is 2.35. The molecule has 23 heavy (non-hydrogen) atoms. The minimum Gasteiger partial charge on any atom is -0.444 e. The number of carbonyl (C=O) groups excluding carboxylic acids is 1. The van der Waals surface area contributed by atoms with Crippen LogP contribution in [0.3, 0.4) is 0 Å². The average Bonchev–Trinajstić information content (AvgIpc) is 3.17. The van der Waals surface area contributed by atoms with Gasteiger partial charge in [0.2, 0.25) is 0 Å². The van der Waals surface area contributed by atoms with Crippen LogP contribution in [0.15, 0.2) is 15.9 Å². The third-order valence-corrected chi connectivity index (χ3v) is 5.53. The van der Waals surface area contributed by atoms with Gasteiger partial charge in [-0.25, -0.2) is 4.79 Å². The van der Waals surface area contributed by atoms with Crippen molar-refractivity contribution in [2.45, 2.75) is 64.6 Å². The molecule has 0 radical (unpaired) electrons. The fourth-order valence-corrected chi connectivity index (χ4v) is 3.83. The fraction of sp³-hybridized carbons (Fsp3) is 0.706. The minimum atomic E-state index is -0.427. The van der Waals surface area contributed by atoms with Gasteiger partial charge in [0, 0.05) is 33.4 Å². The van der Waals surface area contributed by atoms with Crippen molar-refractivity contribution in [1.29, 1.82) is 0 Å². The summed E-state index contributed by atoms with van der Waals surface area (Å²) in [6, 6.07) is 2.87. The first-order valence-corrected chi connectivity index (χ1v) is 9.90. The van der Waals surface area contributed by atoms with Gasteiger partial charge in [-0.15, -0.1) is 11.3 Å². The van der Waals surface area contributed by atoms with Gasteiger partial charge in [0.1, 0.15) is 5.60 Å². The Morgan fingerprint density at radius 1 is 1.52 bits per heavy atom. The van der Waals surface area contributed by atoms with E-state index in [2.05, 4.69) is 39.6 Å². The first kappa shape index (κ1) is 18.7. The van der Waals surface area contributed by atoms with Crippen molar-refractivity contribution in [3.63, 3.8) is 0 Å². The summed E-state index contributed by atoms with van der Waals surface area (Å²) in [6.07, 6.45) is 2.97. The van der Waals surface area contributed by atoms with Crippen molar-refractivity contribution in [3.8, 4) is 0 Å². The van der Waals surface area contributed by atoms with Gasteiger partial charge in [-0.3, -0.25) is 0 Å². The van der Waals surface area contributed by atoms with Gasteiger partial charge in [0.25, 0.3) is 0 Å². The molecule has 4 nitrogen and oxygen atoms in total. The monoisotopic (exact) mass is 402 g/mol. The predicted octanol–water partition coefficient (Wildman–Crippen LogP) is 4.95. The Hall–Kier alpha value is -0.590. The molecule has 1 saturated carbocycles. The number of ether oxygens (including phenoxy) is 1. The topological polar surface area (TPSA) is 41.6 Å². The summed E-state index contributed by atoms with van der Waals surface area (Å²) in [4.78, 5) is 15.5. The van der Waals surface area contributed by atoms with Crippen LogP contribution in [0.4, 0.5) is 4.79 Å². The molecule has 1 aromatic heterocycles. The lowest BCUT2D eigenvalue weighted by atomic mass is 10.2. The summed E-state index contributed by atoms with van der Waals surface area (Å²) < 4.78 is 6.65. The molecule has 0 bridgehead atoms. The van der Waals surface area contributed by atoms with E-state index in [0.29, 0.717) is 12.1 Å². The highest BCUT2D eigenvalue weighted by Gasteiger charge is 2.34. The standard InChI is InChI=1S/C17H27BrN2O2S/c1-12(15-10-13(18)11-23-15)19-8-5-9-20(14-6-7-14)16(21)22-17(2,3)4/h10-12,14,19H,5-9H2,1-4H3. The number of nitrogens with one attached hydrogen (secondary N) is 1. The quantitative estimate of drug-likeness (QED) is 0.655. The summed E-state index contributed by atoms with van der Waals surface area (Å²) in [5.41, 5.74) is -0.427. The first-order chi connectivity index (χ1) is 10.8. The molecule has 0 saturated heterocycles. The molecule has 1 fully saturated rings. The van der Waals surface area contributed by atoms with Gasteiger partial charge in [0.15, 0.2) is 0 Å². The van der Waals surface area contributed by atoms with Gasteiger partial charge < -0.3 is 15.0 Å². The molecule has 0 aromatic carbocycles. The highest BCUT2D eigenvalue weighted by atomic mass is 79.9. The largest absolute Gasteiger partial charge is 0.444 e. The Bertz CT molecular complexity index is 523. The zero-order valence-corrected chi connectivity index (χ0v) is 16.8. The summed E-state index contributed by atoms with van der Waals surface area (Å²) in [7, 11) is 0. The summed E-state index contributed by atoms with van der Waals surface area (Å²) in [6.45, 7) is 9.57. The molecule has 2 rings (SSSR count). The predicted molar refractivity (Wildman–Crippen MR) is 99.0 cm³/mol. The maximum Gasteiger partial charge on any atom is 0.410 e. The number of amides is 1. The van der Waals surface area contributed by atoms with Crippen molar-refractivity contribution in [3.05, 3.63) is 20.8 Å². The molecule has 6 heteroatoms. The van der Waals surface area contributed by atoms with E-state index >= 15 is 0 Å². The molecule has 1 unspecified atom stereocenters. The van der Waals surface area contributed by atoms with Crippen molar-refractivity contribution in [2.75, 3.05) is 13.1 Å². The van der Waals surface area contributed by atoms with Crippen molar-refractivity contribution in [1.82, 2.24) is 10.2 Å². The Morgan fingerprint density at radius 2 is 2.22 bits per heavy atom. The summed E-state index contributed by atoms with van der Waals surface area (Å²) in [5, 5.41) is 5.63. The van der Waals surface area contributed by atoms with E-state index in [-0.39, 0.29) is 6.09 Å². The van der Waals surface area contributed by atoms with Gasteiger partial charge in [-0.1, -0.05) is 0 Å². The zero-order valence-electron chi connectivity index (χ0n) is 14.4. The Kier molecular flexibility index (Phi) is 6.51. The van der Waals surface area contributed by atoms with E-state index in [9.17, 15) is 4.79 Å². The van der Waals surface area contributed by atoms with E-state index in [0.717, 1.165) is 36.8 Å². The van der Waals surface area contributed by atoms with E-state index in [1.165, 1.54) is 4.88 Å². The van der Waals surface area contributed by atoms with Gasteiger partial charge >= 0.3 is 6.09 Å². The Balaban J connectivity index is 1.73. The van der Waals surface area contributed by atoms with Crippen LogP contribution in [0.25, 0.3) is 0 Å². The number of nitrogens with zero attached hydrogens (tertiary/aromatic N) is 1. The second-order valence-electron chi connectivity index (χ2n) is 7.10. The van der Waals surface area contributed by atoms with Gasteiger partial charge in [-0.05, 0) is 75.5 Å². The number of thiophene rings is 1. The molecular weight excluding hydrogens is 376 g/mol. The highest BCUT2D eigenvalue weighted by molar-refractivity contribution is 9.10. The smallest absolute Gasteiger partial charge is 0.410 e. The van der Waals surface area contributed by atoms with Crippen LogP contribution in [0, 0.1) is 0 Å². The molecule has 1 atom stereocenters. The third-order valence-electron chi connectivity index (χ3n) is 3.66. The van der Waals surface area contributed by atoms with Crippen molar-refractivity contribution < 1.29 is 9.53 Å². The molecule has 0 aliphatic heterocycles. The molecule has 0 spiro atoms. The van der Waals surface area contributed by atoms with E-state index in [1.54, 1.807) is 11.3 Å². The zero-order chi connectivity index (χ0) is 17.0. The molecule has 1 aromatic rings. The van der Waals surface area contributed by atoms with Crippen LogP contribution in [-0.2, 0) is 4.74 Å². The normalized spacial score (nSPS) is 16.2. The van der Waals surface area contributed by atoms with Crippen molar-refractivity contribution >= 4 is 33.4 Å². The number of rotatable bonds is 7. The molecule has 1 heterocycles. The maximum absolute atomic E-state index is 12.3. The second kappa shape index (κ2) is 7.99. The average molecular weight is 403 g/mol. The lowest BCUT2D eigenvalue weighted by Crippen LogP contribution is -2.39. The lowest BCUT2D eigenvalue weighted by Gasteiger charge is -2.27. The van der Waals surface area contributed by atoms with Gasteiger partial charge in [0.05, 0.1) is 0 Å². The number of carbonyl (C=O) groups is 1. The molecular formula is C17H27BrN2O2S. The SMILES string of the molecule is CC(NCCCN(C(=O)OC(C)(C)C)C1CC1)c1cc(Br)cs1. The molecule has 1 amide bonds. The van der Waals surface area contributed by atoms with Crippen molar-refractivity contribution in [2.24, 2.45) is 0 Å². The Labute approximate surface area is 151 Å². The Morgan fingerprint density at radius 3 is 2.74 bits per heavy atom. The van der Waals surface area contributed by atoms with E-state index in [1.807, 2.05) is 25.7 Å². The molecule has 1 aliphatic carbocycles. The van der Waals surface area contributed by atoms with Crippen LogP contribution in [-0.4, -0.2) is 35.7 Å². The molecule has 1 aliphatic rings. The van der Waals surface area contributed by atoms with Crippen LogP contribution >= 0.6 is 27.3 Å². The van der Waals surface area contributed by atoms with Crippen LogP contribution in [0.1, 0.15) is 57.9 Å². The summed E-state index contributed by atoms with van der Waals surface area (Å²) in [5.74, 6) is 0. The van der Waals surface area contributed by atoms with Crippen LogP contribution < -0.4 is 5.32 Å². The highest BCUT2D eigenvalue weighted by Crippen LogP contribution is 2.29. The van der Waals surface area contributed by atoms with E-state index in [4.69, 9.17) is 4.74 Å². The first-order valence-electron chi connectivity index (χ1n) is 8.23. The number of hydrogen-bond acceptors (Lipinski definition) is 4. The second-order valence-corrected chi connectivity index (χ2v) is 8.96. The van der Waals surface area contributed by atoms with Gasteiger partial charge in [-0.2, -0.15) is 0 Å². The third kappa shape index (κ3) is 6.43. The molecule has 1 N–H and O–H groups in total. The van der Waals surface area contributed by atoms with E-state index < -0.39 is 5.60 Å². The maximum atomic E-state index is 12.3. The number of halogens is 1. The molecule has 130 valence electrons. The number of hydrogen-bond donors (Lipinski definition) is 1. The minimum absolute atomic E-state index is 0.171. The van der Waals surface area contributed by atoms with Crippen LogP contribution in [0.5, 0.6) is 0 Å². The summed E-state index contributed by atoms with van der Waals surface area (Å²) >= 11 is 5.24. The van der Waals surface area contributed by atoms with Crippen LogP contribution in [0.2, 0.25) is 0 Å².